The molecule has 0 atom stereocenters. The first-order chi connectivity index (χ1) is 5.39. The zero-order valence-corrected chi connectivity index (χ0v) is 6.36. The maximum Gasteiger partial charge on any atom is 0.249 e. The summed E-state index contributed by atoms with van der Waals surface area (Å²) in [4.78, 5) is 0. The second kappa shape index (κ2) is 2.87. The van der Waals surface area contributed by atoms with Gasteiger partial charge in [0.15, 0.2) is 0 Å². The normalized spacial score (nSPS) is 25.5. The molecule has 12 heavy (non-hydrogen) atoms. The Bertz CT molecular complexity index is 155. The van der Waals surface area contributed by atoms with Gasteiger partial charge < -0.3 is 5.11 Å². The lowest BCUT2D eigenvalue weighted by Gasteiger charge is -2.46. The standard InChI is InChI=1S/C7H10F4O/c8-5(9)1-6(4-12)2-7(10,11)3-6/h5,12H,1-4H2. The van der Waals surface area contributed by atoms with Crippen molar-refractivity contribution >= 4 is 0 Å². The molecule has 0 aromatic rings. The summed E-state index contributed by atoms with van der Waals surface area (Å²) in [5.41, 5.74) is -1.22. The molecule has 0 spiro atoms. The fraction of sp³-hybridized carbons (Fsp3) is 1.00. The van der Waals surface area contributed by atoms with Crippen LogP contribution in [0.3, 0.4) is 0 Å². The molecule has 0 saturated heterocycles. The van der Waals surface area contributed by atoms with E-state index in [0.29, 0.717) is 0 Å². The predicted molar refractivity (Wildman–Crippen MR) is 34.3 cm³/mol. The lowest BCUT2D eigenvalue weighted by atomic mass is 9.64. The Labute approximate surface area is 67.4 Å². The predicted octanol–water partition coefficient (Wildman–Crippen LogP) is 2.05. The molecule has 1 aliphatic carbocycles. The van der Waals surface area contributed by atoms with Gasteiger partial charge in [-0.15, -0.1) is 0 Å². The highest BCUT2D eigenvalue weighted by atomic mass is 19.3. The van der Waals surface area contributed by atoms with Crippen molar-refractivity contribution in [2.24, 2.45) is 5.41 Å². The number of aliphatic hydroxyl groups is 1. The molecule has 5 heteroatoms. The number of alkyl halides is 4. The second-order valence-electron chi connectivity index (χ2n) is 3.46. The van der Waals surface area contributed by atoms with E-state index in [-0.39, 0.29) is 0 Å². The third-order valence-corrected chi connectivity index (χ3v) is 2.19. The first-order valence-electron chi connectivity index (χ1n) is 3.66. The molecular formula is C7H10F4O. The quantitative estimate of drug-likeness (QED) is 0.669. The van der Waals surface area contributed by atoms with Crippen LogP contribution in [-0.4, -0.2) is 24.1 Å². The van der Waals surface area contributed by atoms with Crippen LogP contribution in [0.5, 0.6) is 0 Å². The van der Waals surface area contributed by atoms with Crippen molar-refractivity contribution in [3.8, 4) is 0 Å². The lowest BCUT2D eigenvalue weighted by Crippen LogP contribution is -2.49. The lowest BCUT2D eigenvalue weighted by molar-refractivity contribution is -0.189. The van der Waals surface area contributed by atoms with Gasteiger partial charge >= 0.3 is 0 Å². The summed E-state index contributed by atoms with van der Waals surface area (Å²) in [5, 5.41) is 8.65. The summed E-state index contributed by atoms with van der Waals surface area (Å²) in [6, 6.07) is 0. The van der Waals surface area contributed by atoms with Gasteiger partial charge in [0, 0.05) is 31.3 Å². The molecule has 0 aromatic carbocycles. The second-order valence-corrected chi connectivity index (χ2v) is 3.46. The Kier molecular flexibility index (Phi) is 2.33. The number of halogens is 4. The fourth-order valence-electron chi connectivity index (χ4n) is 1.69. The molecule has 1 nitrogen and oxygen atoms in total. The van der Waals surface area contributed by atoms with Crippen molar-refractivity contribution in [2.45, 2.75) is 31.6 Å². The van der Waals surface area contributed by atoms with Crippen LogP contribution >= 0.6 is 0 Å². The Morgan fingerprint density at radius 2 is 1.75 bits per heavy atom. The number of aliphatic hydroxyl groups excluding tert-OH is 1. The average Bonchev–Trinajstić information content (AvgIpc) is 1.81. The van der Waals surface area contributed by atoms with Crippen molar-refractivity contribution in [1.82, 2.24) is 0 Å². The van der Waals surface area contributed by atoms with E-state index in [2.05, 4.69) is 0 Å². The van der Waals surface area contributed by atoms with Crippen molar-refractivity contribution in [2.75, 3.05) is 6.61 Å². The molecule has 72 valence electrons. The van der Waals surface area contributed by atoms with Gasteiger partial charge in [-0.2, -0.15) is 0 Å². The summed E-state index contributed by atoms with van der Waals surface area (Å²) in [5.74, 6) is -2.85. The summed E-state index contributed by atoms with van der Waals surface area (Å²) in [6.07, 6.45) is -4.46. The van der Waals surface area contributed by atoms with Gasteiger partial charge in [0.05, 0.1) is 0 Å². The van der Waals surface area contributed by atoms with Crippen LogP contribution in [0, 0.1) is 5.41 Å². The summed E-state index contributed by atoms with van der Waals surface area (Å²) >= 11 is 0. The maximum absolute atomic E-state index is 12.3. The molecule has 0 amide bonds. The van der Waals surface area contributed by atoms with Crippen LogP contribution in [0.15, 0.2) is 0 Å². The Hall–Kier alpha value is -0.320. The zero-order chi connectivity index (χ0) is 9.41. The van der Waals surface area contributed by atoms with E-state index in [9.17, 15) is 17.6 Å². The monoisotopic (exact) mass is 186 g/mol. The molecule has 0 bridgehead atoms. The summed E-state index contributed by atoms with van der Waals surface area (Å²) in [7, 11) is 0. The summed E-state index contributed by atoms with van der Waals surface area (Å²) < 4.78 is 48.3. The minimum Gasteiger partial charge on any atom is -0.396 e. The molecule has 1 N–H and O–H groups in total. The van der Waals surface area contributed by atoms with Crippen molar-refractivity contribution in [1.29, 1.82) is 0 Å². The highest BCUT2D eigenvalue weighted by Crippen LogP contribution is 2.54. The third-order valence-electron chi connectivity index (χ3n) is 2.19. The van der Waals surface area contributed by atoms with E-state index in [4.69, 9.17) is 5.11 Å². The minimum absolute atomic E-state index is 0.576. The molecule has 1 rings (SSSR count). The number of hydrogen-bond acceptors (Lipinski definition) is 1. The highest BCUT2D eigenvalue weighted by Gasteiger charge is 2.56. The van der Waals surface area contributed by atoms with Gasteiger partial charge in [-0.25, -0.2) is 17.6 Å². The first kappa shape index (κ1) is 9.77. The topological polar surface area (TPSA) is 20.2 Å². The Balaban J connectivity index is 2.47. The molecule has 1 aliphatic rings. The molecular weight excluding hydrogens is 176 g/mol. The smallest absolute Gasteiger partial charge is 0.249 e. The largest absolute Gasteiger partial charge is 0.396 e. The third kappa shape index (κ3) is 1.88. The van der Waals surface area contributed by atoms with Crippen LogP contribution in [0.1, 0.15) is 19.3 Å². The van der Waals surface area contributed by atoms with E-state index >= 15 is 0 Å². The Morgan fingerprint density at radius 1 is 1.25 bits per heavy atom. The van der Waals surface area contributed by atoms with E-state index in [1.165, 1.54) is 0 Å². The van der Waals surface area contributed by atoms with Crippen LogP contribution in [0.4, 0.5) is 17.6 Å². The van der Waals surface area contributed by atoms with Crippen molar-refractivity contribution < 1.29 is 22.7 Å². The van der Waals surface area contributed by atoms with Gasteiger partial charge in [0.1, 0.15) is 0 Å². The summed E-state index contributed by atoms with van der Waals surface area (Å²) in [6.45, 7) is -0.576. The molecule has 0 unspecified atom stereocenters. The van der Waals surface area contributed by atoms with Crippen LogP contribution in [0.2, 0.25) is 0 Å². The molecule has 0 heterocycles. The fourth-order valence-corrected chi connectivity index (χ4v) is 1.69. The van der Waals surface area contributed by atoms with Crippen LogP contribution < -0.4 is 0 Å². The molecule has 1 fully saturated rings. The van der Waals surface area contributed by atoms with Crippen molar-refractivity contribution in [3.05, 3.63) is 0 Å². The van der Waals surface area contributed by atoms with Crippen LogP contribution in [0.25, 0.3) is 0 Å². The van der Waals surface area contributed by atoms with E-state index in [0.717, 1.165) is 0 Å². The number of rotatable bonds is 3. The maximum atomic E-state index is 12.3. The van der Waals surface area contributed by atoms with Gasteiger partial charge in [-0.3, -0.25) is 0 Å². The van der Waals surface area contributed by atoms with E-state index in [1.54, 1.807) is 0 Å². The SMILES string of the molecule is OCC1(CC(F)F)CC(F)(F)C1. The number of hydrogen-bond donors (Lipinski definition) is 1. The molecule has 1 saturated carbocycles. The molecule has 0 aromatic heterocycles. The van der Waals surface area contributed by atoms with Gasteiger partial charge in [-0.1, -0.05) is 0 Å². The first-order valence-corrected chi connectivity index (χ1v) is 3.66. The van der Waals surface area contributed by atoms with Gasteiger partial charge in [-0.05, 0) is 0 Å². The van der Waals surface area contributed by atoms with E-state index in [1.807, 2.05) is 0 Å². The van der Waals surface area contributed by atoms with Gasteiger partial charge in [0.25, 0.3) is 0 Å². The molecule has 0 radical (unpaired) electrons. The Morgan fingerprint density at radius 3 is 2.00 bits per heavy atom. The van der Waals surface area contributed by atoms with Crippen molar-refractivity contribution in [3.63, 3.8) is 0 Å². The van der Waals surface area contributed by atoms with Gasteiger partial charge in [0.2, 0.25) is 12.3 Å². The van der Waals surface area contributed by atoms with Crippen LogP contribution in [-0.2, 0) is 0 Å². The van der Waals surface area contributed by atoms with E-state index < -0.39 is 43.6 Å². The zero-order valence-electron chi connectivity index (χ0n) is 6.36. The highest BCUT2D eigenvalue weighted by molar-refractivity contribution is 4.98. The average molecular weight is 186 g/mol. The molecule has 0 aliphatic heterocycles. The minimum atomic E-state index is -2.85.